The molecule has 3 aliphatic carbocycles. The minimum atomic E-state index is -0.263. The molecule has 4 aromatic heterocycles. The number of hydrogen-bond acceptors (Lipinski definition) is 2. The van der Waals surface area contributed by atoms with Crippen LogP contribution in [-0.4, -0.2) is 9.13 Å². The number of fused-ring (bicyclic) bond motifs is 25. The molecule has 4 heteroatoms. The smallest absolute Gasteiger partial charge is 0.135 e. The van der Waals surface area contributed by atoms with E-state index in [1.54, 1.807) is 0 Å². The van der Waals surface area contributed by atoms with Gasteiger partial charge in [0.15, 0.2) is 0 Å². The molecule has 0 saturated heterocycles. The highest BCUT2D eigenvalue weighted by molar-refractivity contribution is 7.25. The van der Waals surface area contributed by atoms with Crippen molar-refractivity contribution in [3.8, 4) is 39.1 Å². The number of para-hydroxylation sites is 5. The van der Waals surface area contributed by atoms with Crippen molar-refractivity contribution in [3.05, 3.63) is 473 Å². The first-order valence-corrected chi connectivity index (χ1v) is 40.3. The summed E-state index contributed by atoms with van der Waals surface area (Å²) in [5.41, 5.74) is 33.6. The van der Waals surface area contributed by atoms with E-state index >= 15 is 0 Å². The quantitative estimate of drug-likeness (QED) is 0.173. The van der Waals surface area contributed by atoms with Gasteiger partial charge in [-0.3, -0.25) is 0 Å². The third-order valence-corrected chi connectivity index (χ3v) is 24.6. The molecule has 0 bridgehead atoms. The van der Waals surface area contributed by atoms with Crippen LogP contribution in [0.1, 0.15) is 72.3 Å². The summed E-state index contributed by atoms with van der Waals surface area (Å²) in [6.45, 7) is 10.8. The highest BCUT2D eigenvalue weighted by Crippen LogP contribution is 2.63. The Bertz CT molecular complexity index is 6820. The SMILES string of the molecule is Cc1ccc2c(c1)C(c1ccccc1)(c1ccccc1)c1ccccc1-2.Cc1ccc2c(c1)C1(c3ccccc3-c3ccccc31)c1ccccc1-2.Cc1ccc2c(c1)c1ccccc1n2-c1ccccc1.Cc1ccc2oc3ccccc3c2c1.Cc1ccc2sc3ccccc3c2c1.Cn1c2ccccc2c2ccccc21. The topological polar surface area (TPSA) is 23.0 Å². The lowest BCUT2D eigenvalue weighted by molar-refractivity contribution is 0.669. The first-order chi connectivity index (χ1) is 56.0. The van der Waals surface area contributed by atoms with Gasteiger partial charge in [0.2, 0.25) is 0 Å². The molecule has 114 heavy (non-hydrogen) atoms. The Morgan fingerprint density at radius 3 is 1.11 bits per heavy atom. The Kier molecular flexibility index (Phi) is 18.3. The maximum Gasteiger partial charge on any atom is 0.135 e. The molecule has 0 atom stereocenters. The fourth-order valence-corrected chi connectivity index (χ4v) is 19.6. The van der Waals surface area contributed by atoms with Crippen LogP contribution in [0, 0.1) is 34.6 Å². The van der Waals surface area contributed by atoms with Gasteiger partial charge < -0.3 is 13.6 Å². The van der Waals surface area contributed by atoms with Crippen molar-refractivity contribution in [3.63, 3.8) is 0 Å². The van der Waals surface area contributed by atoms with Gasteiger partial charge in [-0.05, 0) is 191 Å². The van der Waals surface area contributed by atoms with E-state index in [1.165, 1.54) is 186 Å². The van der Waals surface area contributed by atoms with E-state index in [2.05, 4.69) is 427 Å². The lowest BCUT2D eigenvalue weighted by Gasteiger charge is -2.34. The van der Waals surface area contributed by atoms with Gasteiger partial charge in [0.25, 0.3) is 0 Å². The van der Waals surface area contributed by atoms with E-state index in [4.69, 9.17) is 4.42 Å². The zero-order valence-corrected chi connectivity index (χ0v) is 65.6. The fourth-order valence-electron chi connectivity index (χ4n) is 18.5. The molecule has 0 aliphatic heterocycles. The fraction of sp³-hybridized carbons (Fsp3) is 0.0727. The van der Waals surface area contributed by atoms with Crippen LogP contribution in [-0.2, 0) is 17.9 Å². The molecule has 0 fully saturated rings. The van der Waals surface area contributed by atoms with E-state index < -0.39 is 0 Å². The van der Waals surface area contributed by atoms with Crippen molar-refractivity contribution in [2.75, 3.05) is 0 Å². The molecule has 0 amide bonds. The highest BCUT2D eigenvalue weighted by atomic mass is 32.1. The molecule has 24 rings (SSSR count). The number of nitrogens with zero attached hydrogens (tertiary/aromatic N) is 2. The van der Waals surface area contributed by atoms with E-state index in [0.717, 1.165) is 11.2 Å². The first-order valence-electron chi connectivity index (χ1n) is 39.5. The molecule has 0 saturated carbocycles. The van der Waals surface area contributed by atoms with Crippen molar-refractivity contribution < 1.29 is 4.42 Å². The minimum absolute atomic E-state index is 0.189. The van der Waals surface area contributed by atoms with E-state index in [9.17, 15) is 0 Å². The second kappa shape index (κ2) is 29.6. The summed E-state index contributed by atoms with van der Waals surface area (Å²) in [4.78, 5) is 0. The number of furan rings is 1. The summed E-state index contributed by atoms with van der Waals surface area (Å²) >= 11 is 1.87. The van der Waals surface area contributed by atoms with E-state index in [0.29, 0.717) is 0 Å². The first kappa shape index (κ1) is 70.7. The molecule has 3 nitrogen and oxygen atoms in total. The van der Waals surface area contributed by atoms with Crippen LogP contribution in [0.25, 0.3) is 125 Å². The van der Waals surface area contributed by atoms with Crippen LogP contribution >= 0.6 is 11.3 Å². The zero-order valence-electron chi connectivity index (χ0n) is 64.8. The maximum atomic E-state index is 5.71. The minimum Gasteiger partial charge on any atom is -0.456 e. The van der Waals surface area contributed by atoms with Gasteiger partial charge in [0, 0.05) is 76.3 Å². The van der Waals surface area contributed by atoms with Crippen molar-refractivity contribution in [2.24, 2.45) is 7.05 Å². The molecule has 0 radical (unpaired) electrons. The van der Waals surface area contributed by atoms with Gasteiger partial charge in [-0.2, -0.15) is 0 Å². The molecule has 546 valence electrons. The number of thiophene rings is 1. The lowest BCUT2D eigenvalue weighted by Crippen LogP contribution is -2.28. The molecule has 21 aromatic rings. The Labute approximate surface area is 670 Å². The Hall–Kier alpha value is -13.6. The molecular formula is C110H84N2OS. The average Bonchev–Trinajstić information content (AvgIpc) is 1.50. The van der Waals surface area contributed by atoms with E-state index in [1.807, 2.05) is 35.6 Å². The second-order valence-electron chi connectivity index (χ2n) is 30.5. The summed E-state index contributed by atoms with van der Waals surface area (Å²) in [6.07, 6.45) is 0. The summed E-state index contributed by atoms with van der Waals surface area (Å²) in [7, 11) is 2.12. The molecule has 17 aromatic carbocycles. The number of benzene rings is 17. The zero-order chi connectivity index (χ0) is 77.0. The molecule has 0 unspecified atom stereocenters. The standard InChI is InChI=1S/C26H18.C26H20.C19H15N.C13H11N.C13H10O.C13H10S/c1-17-14-15-21-20-10-4-7-13-24(20)26(25(21)16-17)22-11-5-2-8-18(22)19-9-3-6-12-23(19)26;1-19-16-17-23-22-14-8-9-15-24(22)26(25(23)18-19,20-10-4-2-5-11-20)21-12-6-3-7-13-21;1-14-11-12-19-17(13-14)16-9-5-6-10-18(16)20(19)15-7-3-2-4-8-15;1-14-12-8-4-2-6-10(12)11-7-3-5-9-13(11)14;2*1-9-6-7-13-11(8-9)10-4-2-3-5-12(10)14-13/h2-16H,1H3;2-18H,1H3;2-13H,1H3;2-9H,1H3;2*2-8H,1H3. The number of aromatic nitrogens is 2. The van der Waals surface area contributed by atoms with E-state index in [-0.39, 0.29) is 10.8 Å². The van der Waals surface area contributed by atoms with Crippen molar-refractivity contribution in [1.29, 1.82) is 0 Å². The number of hydrogen-bond donors (Lipinski definition) is 0. The number of rotatable bonds is 3. The van der Waals surface area contributed by atoms with Crippen molar-refractivity contribution in [1.82, 2.24) is 9.13 Å². The van der Waals surface area contributed by atoms with Gasteiger partial charge >= 0.3 is 0 Å². The monoisotopic (exact) mass is 1480 g/mol. The Morgan fingerprint density at radius 1 is 0.228 bits per heavy atom. The van der Waals surface area contributed by atoms with Crippen LogP contribution in [0.5, 0.6) is 0 Å². The van der Waals surface area contributed by atoms with Crippen LogP contribution in [0.2, 0.25) is 0 Å². The predicted molar refractivity (Wildman–Crippen MR) is 484 cm³/mol. The third-order valence-electron chi connectivity index (χ3n) is 23.5. The van der Waals surface area contributed by atoms with Crippen LogP contribution in [0.4, 0.5) is 0 Å². The van der Waals surface area contributed by atoms with Gasteiger partial charge in [-0.15, -0.1) is 11.3 Å². The lowest BCUT2D eigenvalue weighted by atomic mass is 9.67. The molecule has 4 heterocycles. The van der Waals surface area contributed by atoms with Crippen molar-refractivity contribution in [2.45, 2.75) is 45.4 Å². The van der Waals surface area contributed by atoms with Gasteiger partial charge in [-0.1, -0.05) is 349 Å². The van der Waals surface area contributed by atoms with Gasteiger partial charge in [-0.25, -0.2) is 0 Å². The summed E-state index contributed by atoms with van der Waals surface area (Å²) in [6, 6.07) is 144. The predicted octanol–water partition coefficient (Wildman–Crippen LogP) is 29.4. The Balaban J connectivity index is 0.0000000936. The molecule has 3 aliphatic rings. The summed E-state index contributed by atoms with van der Waals surface area (Å²) in [5.74, 6) is 0. The second-order valence-corrected chi connectivity index (χ2v) is 31.6. The largest absolute Gasteiger partial charge is 0.456 e. The van der Waals surface area contributed by atoms with Gasteiger partial charge in [0.05, 0.1) is 21.9 Å². The van der Waals surface area contributed by atoms with Crippen LogP contribution in [0.3, 0.4) is 0 Å². The average molecular weight is 1480 g/mol. The third kappa shape index (κ3) is 12.0. The maximum absolute atomic E-state index is 5.71. The highest BCUT2D eigenvalue weighted by Gasteiger charge is 2.51. The normalized spacial score (nSPS) is 12.6. The van der Waals surface area contributed by atoms with Gasteiger partial charge in [0.1, 0.15) is 11.2 Å². The molecular weight excluding hydrogens is 1400 g/mol. The number of aryl methyl sites for hydroxylation is 6. The summed E-state index contributed by atoms with van der Waals surface area (Å²) in [5, 5.41) is 10.5. The molecule has 1 spiro atoms. The van der Waals surface area contributed by atoms with Crippen LogP contribution in [0.15, 0.2) is 405 Å². The van der Waals surface area contributed by atoms with Crippen molar-refractivity contribution >= 4 is 97.1 Å². The summed E-state index contributed by atoms with van der Waals surface area (Å²) < 4.78 is 13.1. The molecule has 0 N–H and O–H groups in total. The van der Waals surface area contributed by atoms with Crippen LogP contribution < -0.4 is 0 Å². The Morgan fingerprint density at radius 2 is 0.570 bits per heavy atom.